The molecule has 1 aromatic heterocycles. The Hall–Kier alpha value is -2.41. The smallest absolute Gasteiger partial charge is 0.310 e. The van der Waals surface area contributed by atoms with Crippen molar-refractivity contribution in [2.24, 2.45) is 0 Å². The first kappa shape index (κ1) is 15.0. The first-order chi connectivity index (χ1) is 10.0. The van der Waals surface area contributed by atoms with Crippen molar-refractivity contribution in [2.75, 3.05) is 11.1 Å². The molecule has 0 saturated heterocycles. The summed E-state index contributed by atoms with van der Waals surface area (Å²) >= 11 is 1.23. The summed E-state index contributed by atoms with van der Waals surface area (Å²) in [7, 11) is 0. The van der Waals surface area contributed by atoms with Crippen molar-refractivity contribution in [3.63, 3.8) is 0 Å². The zero-order chi connectivity index (χ0) is 15.4. The van der Waals surface area contributed by atoms with Crippen LogP contribution in [0.25, 0.3) is 0 Å². The van der Waals surface area contributed by atoms with Crippen LogP contribution in [0.1, 0.15) is 29.3 Å². The fourth-order valence-corrected chi connectivity index (χ4v) is 2.26. The largest absolute Gasteiger partial charge is 0.425 e. The van der Waals surface area contributed by atoms with E-state index in [0.717, 1.165) is 0 Å². The third-order valence-electron chi connectivity index (χ3n) is 2.70. The van der Waals surface area contributed by atoms with Crippen molar-refractivity contribution in [1.82, 2.24) is 4.98 Å². The van der Waals surface area contributed by atoms with Gasteiger partial charge >= 0.3 is 5.97 Å². The number of hydrogen-bond donors (Lipinski definition) is 2. The molecule has 0 unspecified atom stereocenters. The molecule has 0 spiro atoms. The number of nitrogen functional groups attached to an aromatic ring is 1. The standard InChI is InChI=1S/C14H15N3O3S/c1-3-11(18)20-12-8(2)5-4-6-9(12)13(19)17-14-16-10(15)7-21-14/h4-7H,3,15H2,1-2H3,(H,16,17,19). The van der Waals surface area contributed by atoms with Gasteiger partial charge in [0.1, 0.15) is 11.6 Å². The van der Waals surface area contributed by atoms with Crippen LogP contribution in [0.2, 0.25) is 0 Å². The molecule has 2 rings (SSSR count). The van der Waals surface area contributed by atoms with E-state index >= 15 is 0 Å². The van der Waals surface area contributed by atoms with Gasteiger partial charge in [-0.25, -0.2) is 4.98 Å². The summed E-state index contributed by atoms with van der Waals surface area (Å²) < 4.78 is 5.25. The molecule has 7 heteroatoms. The summed E-state index contributed by atoms with van der Waals surface area (Å²) in [5.74, 6) is -0.174. The van der Waals surface area contributed by atoms with Gasteiger partial charge < -0.3 is 10.5 Å². The summed E-state index contributed by atoms with van der Waals surface area (Å²) in [5.41, 5.74) is 6.50. The fourth-order valence-electron chi connectivity index (χ4n) is 1.66. The first-order valence-electron chi connectivity index (χ1n) is 6.34. The molecule has 0 aliphatic heterocycles. The Morgan fingerprint density at radius 3 is 2.81 bits per heavy atom. The molecule has 6 nitrogen and oxygen atoms in total. The Balaban J connectivity index is 2.27. The van der Waals surface area contributed by atoms with Crippen LogP contribution in [0.3, 0.4) is 0 Å². The third-order valence-corrected chi connectivity index (χ3v) is 3.48. The Kier molecular flexibility index (Phi) is 4.54. The Labute approximate surface area is 125 Å². The molecule has 110 valence electrons. The van der Waals surface area contributed by atoms with Gasteiger partial charge in [0.05, 0.1) is 5.56 Å². The molecule has 0 saturated carbocycles. The van der Waals surface area contributed by atoms with Gasteiger partial charge in [-0.3, -0.25) is 14.9 Å². The quantitative estimate of drug-likeness (QED) is 0.669. The van der Waals surface area contributed by atoms with E-state index in [1.165, 1.54) is 11.3 Å². The summed E-state index contributed by atoms with van der Waals surface area (Å²) in [4.78, 5) is 27.7. The average Bonchev–Trinajstić information content (AvgIpc) is 2.86. The molecule has 1 heterocycles. The van der Waals surface area contributed by atoms with Gasteiger partial charge in [-0.05, 0) is 18.6 Å². The number of aryl methyl sites for hydroxylation is 1. The molecular weight excluding hydrogens is 290 g/mol. The maximum atomic E-state index is 12.3. The van der Waals surface area contributed by atoms with Gasteiger partial charge in [0.25, 0.3) is 5.91 Å². The van der Waals surface area contributed by atoms with Crippen molar-refractivity contribution in [3.05, 3.63) is 34.7 Å². The van der Waals surface area contributed by atoms with E-state index in [0.29, 0.717) is 16.5 Å². The second kappa shape index (κ2) is 6.36. The minimum absolute atomic E-state index is 0.235. The number of carbonyl (C=O) groups is 2. The third kappa shape index (κ3) is 3.57. The SMILES string of the molecule is CCC(=O)Oc1c(C)cccc1C(=O)Nc1nc(N)cs1. The van der Waals surface area contributed by atoms with Crippen molar-refractivity contribution < 1.29 is 14.3 Å². The van der Waals surface area contributed by atoms with Gasteiger partial charge in [0, 0.05) is 11.8 Å². The molecule has 3 N–H and O–H groups in total. The highest BCUT2D eigenvalue weighted by atomic mass is 32.1. The number of thiazole rings is 1. The molecule has 0 bridgehead atoms. The normalized spacial score (nSPS) is 10.2. The molecule has 0 aliphatic rings. The van der Waals surface area contributed by atoms with Gasteiger partial charge in [0.15, 0.2) is 5.13 Å². The van der Waals surface area contributed by atoms with E-state index in [1.54, 1.807) is 37.4 Å². The zero-order valence-electron chi connectivity index (χ0n) is 11.7. The molecule has 0 atom stereocenters. The van der Waals surface area contributed by atoms with Crippen molar-refractivity contribution >= 4 is 34.2 Å². The van der Waals surface area contributed by atoms with E-state index in [9.17, 15) is 9.59 Å². The number of esters is 1. The van der Waals surface area contributed by atoms with Crippen molar-refractivity contribution in [2.45, 2.75) is 20.3 Å². The highest BCUT2D eigenvalue weighted by Gasteiger charge is 2.17. The van der Waals surface area contributed by atoms with Crippen LogP contribution < -0.4 is 15.8 Å². The van der Waals surface area contributed by atoms with Crippen molar-refractivity contribution in [3.8, 4) is 5.75 Å². The molecule has 1 amide bonds. The van der Waals surface area contributed by atoms with E-state index in [4.69, 9.17) is 10.5 Å². The number of para-hydroxylation sites is 1. The number of hydrogen-bond acceptors (Lipinski definition) is 6. The maximum Gasteiger partial charge on any atom is 0.310 e. The number of amides is 1. The van der Waals surface area contributed by atoms with Gasteiger partial charge in [-0.1, -0.05) is 19.1 Å². The van der Waals surface area contributed by atoms with Crippen LogP contribution in [-0.4, -0.2) is 16.9 Å². The zero-order valence-corrected chi connectivity index (χ0v) is 12.5. The van der Waals surface area contributed by atoms with E-state index in [-0.39, 0.29) is 17.7 Å². The van der Waals surface area contributed by atoms with Crippen LogP contribution in [0, 0.1) is 6.92 Å². The monoisotopic (exact) mass is 305 g/mol. The van der Waals surface area contributed by atoms with E-state index < -0.39 is 11.9 Å². The summed E-state index contributed by atoms with van der Waals surface area (Å²) in [6.07, 6.45) is 0.235. The minimum Gasteiger partial charge on any atom is -0.425 e. The highest BCUT2D eigenvalue weighted by molar-refractivity contribution is 7.14. The van der Waals surface area contributed by atoms with Gasteiger partial charge in [0.2, 0.25) is 0 Å². The molecule has 0 radical (unpaired) electrons. The maximum absolute atomic E-state index is 12.3. The summed E-state index contributed by atoms with van der Waals surface area (Å²) in [6.45, 7) is 3.47. The van der Waals surface area contributed by atoms with Crippen LogP contribution in [0.5, 0.6) is 5.75 Å². The molecule has 0 aliphatic carbocycles. The number of rotatable bonds is 4. The molecule has 1 aromatic carbocycles. The second-order valence-electron chi connectivity index (χ2n) is 4.31. The lowest BCUT2D eigenvalue weighted by molar-refractivity contribution is -0.134. The van der Waals surface area contributed by atoms with Crippen molar-refractivity contribution in [1.29, 1.82) is 0 Å². The number of benzene rings is 1. The number of nitrogens with zero attached hydrogens (tertiary/aromatic N) is 1. The Bertz CT molecular complexity index is 682. The van der Waals surface area contributed by atoms with Crippen LogP contribution in [0.15, 0.2) is 23.6 Å². The first-order valence-corrected chi connectivity index (χ1v) is 7.22. The van der Waals surface area contributed by atoms with Crippen LogP contribution in [-0.2, 0) is 4.79 Å². The summed E-state index contributed by atoms with van der Waals surface area (Å²) in [6, 6.07) is 5.09. The lowest BCUT2D eigenvalue weighted by atomic mass is 10.1. The summed E-state index contributed by atoms with van der Waals surface area (Å²) in [5, 5.41) is 4.66. The minimum atomic E-state index is -0.396. The Morgan fingerprint density at radius 1 is 1.43 bits per heavy atom. The van der Waals surface area contributed by atoms with E-state index in [2.05, 4.69) is 10.3 Å². The number of ether oxygens (including phenoxy) is 1. The van der Waals surface area contributed by atoms with E-state index in [1.807, 2.05) is 0 Å². The van der Waals surface area contributed by atoms with Crippen LogP contribution in [0.4, 0.5) is 10.9 Å². The Morgan fingerprint density at radius 2 is 2.19 bits per heavy atom. The number of nitrogens with two attached hydrogens (primary N) is 1. The number of carbonyl (C=O) groups excluding carboxylic acids is 2. The molecule has 21 heavy (non-hydrogen) atoms. The molecule has 2 aromatic rings. The predicted molar refractivity (Wildman–Crippen MR) is 81.6 cm³/mol. The fraction of sp³-hybridized carbons (Fsp3) is 0.214. The predicted octanol–water partition coefficient (Wildman–Crippen LogP) is 2.60. The lowest BCUT2D eigenvalue weighted by Crippen LogP contribution is -2.16. The molecular formula is C14H15N3O3S. The average molecular weight is 305 g/mol. The number of anilines is 2. The van der Waals surface area contributed by atoms with Gasteiger partial charge in [-0.15, -0.1) is 11.3 Å². The number of aromatic nitrogens is 1. The van der Waals surface area contributed by atoms with Gasteiger partial charge in [-0.2, -0.15) is 0 Å². The van der Waals surface area contributed by atoms with Crippen LogP contribution >= 0.6 is 11.3 Å². The molecule has 0 fully saturated rings. The second-order valence-corrected chi connectivity index (χ2v) is 5.17. The highest BCUT2D eigenvalue weighted by Crippen LogP contribution is 2.26. The lowest BCUT2D eigenvalue weighted by Gasteiger charge is -2.11. The number of nitrogens with one attached hydrogen (secondary N) is 1. The topological polar surface area (TPSA) is 94.3 Å².